The summed E-state index contributed by atoms with van der Waals surface area (Å²) in [6.45, 7) is 6.48. The lowest BCUT2D eigenvalue weighted by atomic mass is 9.89. The Kier molecular flexibility index (Phi) is 2.49. The molecule has 1 aliphatic rings. The molecule has 1 saturated carbocycles. The van der Waals surface area contributed by atoms with Gasteiger partial charge in [0.25, 0.3) is 0 Å². The van der Waals surface area contributed by atoms with Crippen LogP contribution in [0.5, 0.6) is 0 Å². The fourth-order valence-corrected chi connectivity index (χ4v) is 2.44. The second-order valence-corrected chi connectivity index (χ2v) is 6.43. The Morgan fingerprint density at radius 3 is 2.58 bits per heavy atom. The van der Waals surface area contributed by atoms with Crippen LogP contribution in [0.25, 0.3) is 11.3 Å². The molecule has 2 heterocycles. The summed E-state index contributed by atoms with van der Waals surface area (Å²) in [6, 6.07) is 0.552. The molecule has 0 bridgehead atoms. The highest BCUT2D eigenvalue weighted by Gasteiger charge is 2.29. The average molecular weight is 259 g/mol. The number of aromatic nitrogens is 4. The molecule has 0 spiro atoms. The second-order valence-electron chi connectivity index (χ2n) is 6.43. The number of nitrogens with two attached hydrogens (primary N) is 1. The molecule has 0 radical (unpaired) electrons. The monoisotopic (exact) mass is 259 g/mol. The summed E-state index contributed by atoms with van der Waals surface area (Å²) in [5.74, 6) is 0.765. The molecule has 2 aromatic rings. The molecule has 2 N–H and O–H groups in total. The zero-order valence-corrected chi connectivity index (χ0v) is 12.0. The molecule has 0 amide bonds. The molecule has 5 nitrogen and oxygen atoms in total. The van der Waals surface area contributed by atoms with Gasteiger partial charge in [-0.3, -0.25) is 4.68 Å². The first-order valence-electron chi connectivity index (χ1n) is 6.74. The SMILES string of the molecule is Cn1cc(-c2ncn(C3CC3)c2N)c(C(C)(C)C)n1. The zero-order valence-electron chi connectivity index (χ0n) is 12.0. The van der Waals surface area contributed by atoms with Gasteiger partial charge in [-0.2, -0.15) is 5.10 Å². The van der Waals surface area contributed by atoms with Crippen LogP contribution in [0.1, 0.15) is 45.3 Å². The van der Waals surface area contributed by atoms with Gasteiger partial charge in [0.05, 0.1) is 12.0 Å². The van der Waals surface area contributed by atoms with Crippen LogP contribution in [0, 0.1) is 0 Å². The van der Waals surface area contributed by atoms with Crippen LogP contribution in [0.2, 0.25) is 0 Å². The third-order valence-corrected chi connectivity index (χ3v) is 3.57. The van der Waals surface area contributed by atoms with E-state index in [0.29, 0.717) is 6.04 Å². The standard InChI is InChI=1S/C14H21N5/c1-14(2,3)12-10(7-18(4)17-12)11-13(15)19(8-16-11)9-5-6-9/h7-9H,5-6,15H2,1-4H3. The van der Waals surface area contributed by atoms with Gasteiger partial charge in [-0.05, 0) is 12.8 Å². The van der Waals surface area contributed by atoms with Gasteiger partial charge in [0, 0.05) is 30.3 Å². The molecule has 5 heteroatoms. The number of nitrogens with zero attached hydrogens (tertiary/aromatic N) is 4. The van der Waals surface area contributed by atoms with Crippen molar-refractivity contribution in [3.63, 3.8) is 0 Å². The van der Waals surface area contributed by atoms with E-state index in [2.05, 4.69) is 35.4 Å². The van der Waals surface area contributed by atoms with Crippen molar-refractivity contribution in [2.24, 2.45) is 7.05 Å². The van der Waals surface area contributed by atoms with Crippen LogP contribution < -0.4 is 5.73 Å². The molecule has 102 valence electrons. The van der Waals surface area contributed by atoms with Crippen molar-refractivity contribution < 1.29 is 0 Å². The minimum Gasteiger partial charge on any atom is -0.383 e. The van der Waals surface area contributed by atoms with Crippen molar-refractivity contribution in [1.29, 1.82) is 0 Å². The lowest BCUT2D eigenvalue weighted by molar-refractivity contribution is 0.554. The molecule has 2 aromatic heterocycles. The Morgan fingerprint density at radius 2 is 2.00 bits per heavy atom. The summed E-state index contributed by atoms with van der Waals surface area (Å²) in [5.41, 5.74) is 9.20. The summed E-state index contributed by atoms with van der Waals surface area (Å²) in [5, 5.41) is 4.58. The quantitative estimate of drug-likeness (QED) is 0.901. The minimum absolute atomic E-state index is 0.0214. The van der Waals surface area contributed by atoms with E-state index in [9.17, 15) is 0 Å². The van der Waals surface area contributed by atoms with Crippen molar-refractivity contribution in [3.8, 4) is 11.3 Å². The number of hydrogen-bond donors (Lipinski definition) is 1. The summed E-state index contributed by atoms with van der Waals surface area (Å²) in [6.07, 6.45) is 6.29. The van der Waals surface area contributed by atoms with Gasteiger partial charge < -0.3 is 10.3 Å². The molecule has 0 atom stereocenters. The van der Waals surface area contributed by atoms with Crippen molar-refractivity contribution in [2.75, 3.05) is 5.73 Å². The molecule has 3 rings (SSSR count). The fraction of sp³-hybridized carbons (Fsp3) is 0.571. The van der Waals surface area contributed by atoms with Gasteiger partial charge in [-0.25, -0.2) is 4.98 Å². The maximum atomic E-state index is 6.26. The van der Waals surface area contributed by atoms with E-state index in [1.807, 2.05) is 24.3 Å². The Labute approximate surface area is 113 Å². The first-order chi connectivity index (χ1) is 8.88. The molecule has 1 fully saturated rings. The molecule has 0 unspecified atom stereocenters. The van der Waals surface area contributed by atoms with Gasteiger partial charge in [0.1, 0.15) is 11.5 Å². The number of rotatable bonds is 2. The van der Waals surface area contributed by atoms with Crippen molar-refractivity contribution in [2.45, 2.75) is 45.1 Å². The Bertz CT molecular complexity index is 610. The summed E-state index contributed by atoms with van der Waals surface area (Å²) in [7, 11) is 1.94. The smallest absolute Gasteiger partial charge is 0.131 e. The normalized spacial score (nSPS) is 16.0. The van der Waals surface area contributed by atoms with Crippen LogP contribution in [-0.2, 0) is 12.5 Å². The van der Waals surface area contributed by atoms with Gasteiger partial charge in [-0.1, -0.05) is 20.8 Å². The zero-order chi connectivity index (χ0) is 13.8. The average Bonchev–Trinajstić information content (AvgIpc) is 2.96. The molecule has 0 aliphatic heterocycles. The van der Waals surface area contributed by atoms with Gasteiger partial charge in [0.15, 0.2) is 0 Å². The Balaban J connectivity index is 2.11. The van der Waals surface area contributed by atoms with E-state index in [0.717, 1.165) is 22.8 Å². The molecule has 0 saturated heterocycles. The first-order valence-corrected chi connectivity index (χ1v) is 6.74. The predicted octanol–water partition coefficient (Wildman–Crippen LogP) is 2.50. The van der Waals surface area contributed by atoms with Crippen molar-refractivity contribution in [1.82, 2.24) is 19.3 Å². The third-order valence-electron chi connectivity index (χ3n) is 3.57. The van der Waals surface area contributed by atoms with E-state index in [1.54, 1.807) is 0 Å². The maximum Gasteiger partial charge on any atom is 0.131 e. The summed E-state index contributed by atoms with van der Waals surface area (Å²) in [4.78, 5) is 4.52. The van der Waals surface area contributed by atoms with E-state index in [4.69, 9.17) is 5.73 Å². The van der Waals surface area contributed by atoms with Crippen LogP contribution in [0.3, 0.4) is 0 Å². The first kappa shape index (κ1) is 12.3. The molecule has 1 aliphatic carbocycles. The number of imidazole rings is 1. The number of aryl methyl sites for hydroxylation is 1. The van der Waals surface area contributed by atoms with Crippen molar-refractivity contribution >= 4 is 5.82 Å². The van der Waals surface area contributed by atoms with Gasteiger partial charge in [0.2, 0.25) is 0 Å². The molecule has 19 heavy (non-hydrogen) atoms. The molecule has 0 aromatic carbocycles. The van der Waals surface area contributed by atoms with Crippen molar-refractivity contribution in [3.05, 3.63) is 18.2 Å². The van der Waals surface area contributed by atoms with E-state index in [-0.39, 0.29) is 5.41 Å². The lowest BCUT2D eigenvalue weighted by Crippen LogP contribution is -2.14. The van der Waals surface area contributed by atoms with E-state index < -0.39 is 0 Å². The number of nitrogen functional groups attached to an aromatic ring is 1. The number of anilines is 1. The highest BCUT2D eigenvalue weighted by Crippen LogP contribution is 2.40. The maximum absolute atomic E-state index is 6.26. The minimum atomic E-state index is -0.0214. The van der Waals surface area contributed by atoms with Crippen LogP contribution in [0.4, 0.5) is 5.82 Å². The van der Waals surface area contributed by atoms with Crippen LogP contribution >= 0.6 is 0 Å². The third kappa shape index (κ3) is 2.03. The highest BCUT2D eigenvalue weighted by atomic mass is 15.3. The molecular weight excluding hydrogens is 238 g/mol. The fourth-order valence-electron chi connectivity index (χ4n) is 2.44. The lowest BCUT2D eigenvalue weighted by Gasteiger charge is -2.17. The van der Waals surface area contributed by atoms with Crippen LogP contribution in [-0.4, -0.2) is 19.3 Å². The number of hydrogen-bond acceptors (Lipinski definition) is 3. The van der Waals surface area contributed by atoms with Gasteiger partial charge >= 0.3 is 0 Å². The highest BCUT2D eigenvalue weighted by molar-refractivity contribution is 5.73. The largest absolute Gasteiger partial charge is 0.383 e. The predicted molar refractivity (Wildman–Crippen MR) is 75.8 cm³/mol. The van der Waals surface area contributed by atoms with E-state index in [1.165, 1.54) is 12.8 Å². The van der Waals surface area contributed by atoms with E-state index >= 15 is 0 Å². The second kappa shape index (κ2) is 3.85. The Morgan fingerprint density at radius 1 is 1.32 bits per heavy atom. The summed E-state index contributed by atoms with van der Waals surface area (Å²) < 4.78 is 3.93. The Hall–Kier alpha value is -1.78. The topological polar surface area (TPSA) is 61.7 Å². The van der Waals surface area contributed by atoms with Crippen LogP contribution in [0.15, 0.2) is 12.5 Å². The summed E-state index contributed by atoms with van der Waals surface area (Å²) >= 11 is 0. The van der Waals surface area contributed by atoms with Gasteiger partial charge in [-0.15, -0.1) is 0 Å². The molecular formula is C14H21N5.